The molecule has 2 aromatic heterocycles. The lowest BCUT2D eigenvalue weighted by Crippen LogP contribution is -2.58. The topological polar surface area (TPSA) is 232 Å². The molecule has 0 saturated carbocycles. The average Bonchev–Trinajstić information content (AvgIpc) is 3.63. The molecule has 0 fully saturated rings. The van der Waals surface area contributed by atoms with Gasteiger partial charge in [0.2, 0.25) is 17.7 Å². The number of para-hydroxylation sites is 1. The van der Waals surface area contributed by atoms with Crippen molar-refractivity contribution in [3.63, 3.8) is 0 Å². The van der Waals surface area contributed by atoms with E-state index in [0.29, 0.717) is 17.7 Å². The summed E-state index contributed by atoms with van der Waals surface area (Å²) in [7, 11) is 0. The Morgan fingerprint density at radius 1 is 0.929 bits per heavy atom. The molecule has 3 aromatic rings. The lowest BCUT2D eigenvalue weighted by Gasteiger charge is -2.26. The zero-order valence-electron chi connectivity index (χ0n) is 23.4. The van der Waals surface area contributed by atoms with Crippen molar-refractivity contribution >= 4 is 40.6 Å². The van der Waals surface area contributed by atoms with Gasteiger partial charge in [-0.15, -0.1) is 0 Å². The highest BCUT2D eigenvalue weighted by Crippen LogP contribution is 2.19. The van der Waals surface area contributed by atoms with Crippen LogP contribution in [0, 0.1) is 5.92 Å². The zero-order chi connectivity index (χ0) is 30.8. The van der Waals surface area contributed by atoms with Gasteiger partial charge in [-0.1, -0.05) is 38.5 Å². The highest BCUT2D eigenvalue weighted by atomic mass is 16.4. The molecule has 0 bridgehead atoms. The third-order valence-corrected chi connectivity index (χ3v) is 7.17. The number of nitrogens with zero attached hydrogens (tertiary/aromatic N) is 1. The summed E-state index contributed by atoms with van der Waals surface area (Å²) in [6, 6.07) is 2.44. The standard InChI is InChI=1S/C28H37N7O7/c1-3-15(2)24(29)27(40)34-21(11-17-13-30-14-32-17)26(39)33-20(8-9-23(36)37)25(38)35-22(28(41)42)10-16-12-31-19-7-5-4-6-18(16)19/h4-7,12-15,20-22,24,31H,3,8-11,29H2,1-2H3,(H,30,32)(H,33,39)(H,34,40)(H,35,38)(H,36,37)(H,41,42). The summed E-state index contributed by atoms with van der Waals surface area (Å²) in [4.78, 5) is 72.7. The second-order valence-corrected chi connectivity index (χ2v) is 10.2. The third kappa shape index (κ3) is 8.64. The van der Waals surface area contributed by atoms with Gasteiger partial charge < -0.3 is 41.9 Å². The first-order valence-electron chi connectivity index (χ1n) is 13.6. The first-order chi connectivity index (χ1) is 20.0. The molecule has 5 atom stereocenters. The molecule has 14 heteroatoms. The van der Waals surface area contributed by atoms with Crippen LogP contribution >= 0.6 is 0 Å². The molecule has 0 spiro atoms. The zero-order valence-corrected chi connectivity index (χ0v) is 23.4. The number of rotatable bonds is 16. The van der Waals surface area contributed by atoms with Crippen LogP contribution in [0.5, 0.6) is 0 Å². The van der Waals surface area contributed by atoms with Crippen LogP contribution in [0.3, 0.4) is 0 Å². The van der Waals surface area contributed by atoms with Crippen LogP contribution < -0.4 is 21.7 Å². The molecule has 42 heavy (non-hydrogen) atoms. The number of aromatic amines is 2. The largest absolute Gasteiger partial charge is 0.481 e. The van der Waals surface area contributed by atoms with Gasteiger partial charge in [0.05, 0.1) is 12.4 Å². The Hall–Kier alpha value is -4.72. The number of amides is 3. The molecule has 0 saturated heterocycles. The number of nitrogens with two attached hydrogens (primary N) is 1. The fraction of sp³-hybridized carbons (Fsp3) is 0.429. The van der Waals surface area contributed by atoms with Crippen molar-refractivity contribution in [2.45, 2.75) is 70.1 Å². The summed E-state index contributed by atoms with van der Waals surface area (Å²) >= 11 is 0. The minimum Gasteiger partial charge on any atom is -0.481 e. The summed E-state index contributed by atoms with van der Waals surface area (Å²) in [6.45, 7) is 3.68. The highest BCUT2D eigenvalue weighted by molar-refractivity contribution is 5.94. The second kappa shape index (κ2) is 14.8. The molecule has 2 heterocycles. The van der Waals surface area contributed by atoms with Crippen LogP contribution in [-0.2, 0) is 36.8 Å². The van der Waals surface area contributed by atoms with E-state index in [2.05, 4.69) is 30.9 Å². The maximum Gasteiger partial charge on any atom is 0.326 e. The number of imidazole rings is 1. The first kappa shape index (κ1) is 31.8. The molecule has 0 aliphatic heterocycles. The van der Waals surface area contributed by atoms with E-state index in [1.165, 1.54) is 12.5 Å². The molecule has 9 N–H and O–H groups in total. The Labute approximate surface area is 241 Å². The number of benzene rings is 1. The molecule has 3 amide bonds. The molecule has 226 valence electrons. The van der Waals surface area contributed by atoms with Crippen LogP contribution in [-0.4, -0.2) is 79.0 Å². The van der Waals surface area contributed by atoms with Gasteiger partial charge in [-0.05, 0) is 24.0 Å². The van der Waals surface area contributed by atoms with Gasteiger partial charge in [0.1, 0.15) is 18.1 Å². The van der Waals surface area contributed by atoms with E-state index in [0.717, 1.165) is 10.9 Å². The smallest absolute Gasteiger partial charge is 0.326 e. The summed E-state index contributed by atoms with van der Waals surface area (Å²) in [5.74, 6) is -4.90. The van der Waals surface area contributed by atoms with Gasteiger partial charge in [-0.25, -0.2) is 9.78 Å². The quantitative estimate of drug-likeness (QED) is 0.117. The molecule has 14 nitrogen and oxygen atoms in total. The maximum absolute atomic E-state index is 13.4. The van der Waals surface area contributed by atoms with Crippen LogP contribution in [0.1, 0.15) is 44.4 Å². The van der Waals surface area contributed by atoms with Crippen LogP contribution in [0.2, 0.25) is 0 Å². The molecular formula is C28H37N7O7. The number of aliphatic carboxylic acids is 2. The number of carboxylic acid groups (broad SMARTS) is 2. The Balaban J connectivity index is 1.78. The normalized spacial score (nSPS) is 14.7. The van der Waals surface area contributed by atoms with E-state index in [1.807, 2.05) is 25.1 Å². The molecule has 0 aliphatic carbocycles. The van der Waals surface area contributed by atoms with Gasteiger partial charge in [0.25, 0.3) is 0 Å². The van der Waals surface area contributed by atoms with Crippen LogP contribution in [0.15, 0.2) is 43.0 Å². The predicted octanol–water partition coefficient (Wildman–Crippen LogP) is 0.453. The van der Waals surface area contributed by atoms with Crippen molar-refractivity contribution in [2.24, 2.45) is 11.7 Å². The van der Waals surface area contributed by atoms with Gasteiger partial charge in [-0.2, -0.15) is 0 Å². The third-order valence-electron chi connectivity index (χ3n) is 7.17. The van der Waals surface area contributed by atoms with Crippen molar-refractivity contribution in [1.82, 2.24) is 30.9 Å². The highest BCUT2D eigenvalue weighted by Gasteiger charge is 2.32. The van der Waals surface area contributed by atoms with Crippen LogP contribution in [0.4, 0.5) is 0 Å². The van der Waals surface area contributed by atoms with Crippen molar-refractivity contribution in [1.29, 1.82) is 0 Å². The number of fused-ring (bicyclic) bond motifs is 1. The molecule has 5 unspecified atom stereocenters. The van der Waals surface area contributed by atoms with E-state index in [9.17, 15) is 34.2 Å². The molecule has 3 rings (SSSR count). The van der Waals surface area contributed by atoms with E-state index in [4.69, 9.17) is 5.73 Å². The average molecular weight is 584 g/mol. The van der Waals surface area contributed by atoms with Crippen molar-refractivity contribution in [2.75, 3.05) is 0 Å². The Kier molecular flexibility index (Phi) is 11.2. The Bertz CT molecular complexity index is 1390. The molecule has 0 radical (unpaired) electrons. The Morgan fingerprint density at radius 2 is 1.60 bits per heavy atom. The van der Waals surface area contributed by atoms with Crippen molar-refractivity contribution in [3.8, 4) is 0 Å². The molecule has 0 aliphatic rings. The fourth-order valence-electron chi connectivity index (χ4n) is 4.41. The minimum absolute atomic E-state index is 0.0175. The number of carbonyl (C=O) groups excluding carboxylic acids is 3. The van der Waals surface area contributed by atoms with E-state index in [-0.39, 0.29) is 25.2 Å². The van der Waals surface area contributed by atoms with Gasteiger partial charge in [0, 0.05) is 48.3 Å². The summed E-state index contributed by atoms with van der Waals surface area (Å²) in [6.07, 6.45) is 4.29. The van der Waals surface area contributed by atoms with E-state index in [1.54, 1.807) is 19.2 Å². The lowest BCUT2D eigenvalue weighted by molar-refractivity contribution is -0.143. The van der Waals surface area contributed by atoms with Crippen molar-refractivity contribution < 1.29 is 34.2 Å². The van der Waals surface area contributed by atoms with Crippen molar-refractivity contribution in [3.05, 3.63) is 54.2 Å². The maximum atomic E-state index is 13.4. The van der Waals surface area contributed by atoms with Crippen LogP contribution in [0.25, 0.3) is 10.9 Å². The van der Waals surface area contributed by atoms with E-state index >= 15 is 0 Å². The summed E-state index contributed by atoms with van der Waals surface area (Å²) < 4.78 is 0. The lowest BCUT2D eigenvalue weighted by atomic mass is 9.98. The van der Waals surface area contributed by atoms with E-state index < -0.39 is 60.2 Å². The number of hydrogen-bond donors (Lipinski definition) is 8. The number of carboxylic acids is 2. The Morgan fingerprint density at radius 3 is 2.24 bits per heavy atom. The fourth-order valence-corrected chi connectivity index (χ4v) is 4.41. The van der Waals surface area contributed by atoms with Gasteiger partial charge in [0.15, 0.2) is 0 Å². The number of aromatic nitrogens is 3. The van der Waals surface area contributed by atoms with Gasteiger partial charge in [-0.3, -0.25) is 19.2 Å². The number of carbonyl (C=O) groups is 5. The predicted molar refractivity (Wildman–Crippen MR) is 152 cm³/mol. The van der Waals surface area contributed by atoms with Gasteiger partial charge >= 0.3 is 11.9 Å². The summed E-state index contributed by atoms with van der Waals surface area (Å²) in [5.41, 5.74) is 8.02. The number of H-pyrrole nitrogens is 2. The molecular weight excluding hydrogens is 546 g/mol. The first-order valence-corrected chi connectivity index (χ1v) is 13.6. The summed E-state index contributed by atoms with van der Waals surface area (Å²) in [5, 5.41) is 27.4. The monoisotopic (exact) mass is 583 g/mol. The molecule has 1 aromatic carbocycles. The number of nitrogens with one attached hydrogen (secondary N) is 5. The number of hydrogen-bond acceptors (Lipinski definition) is 7. The minimum atomic E-state index is -1.40. The second-order valence-electron chi connectivity index (χ2n) is 10.2. The SMILES string of the molecule is CCC(C)C(N)C(=O)NC(Cc1cnc[nH]1)C(=O)NC(CCC(=O)O)C(=O)NC(Cc1c[nH]c2ccccc12)C(=O)O.